The van der Waals surface area contributed by atoms with Crippen LogP contribution in [0.4, 0.5) is 0 Å². The van der Waals surface area contributed by atoms with E-state index in [0.717, 1.165) is 6.54 Å². The average molecular weight is 229 g/mol. The van der Waals surface area contributed by atoms with Crippen molar-refractivity contribution in [3.05, 3.63) is 0 Å². The second kappa shape index (κ2) is 7.29. The highest BCUT2D eigenvalue weighted by molar-refractivity contribution is 4.83. The average Bonchev–Trinajstić information content (AvgIpc) is 2.22. The molecule has 98 valence electrons. The summed E-state index contributed by atoms with van der Waals surface area (Å²) in [5.74, 6) is 0.322. The van der Waals surface area contributed by atoms with Gasteiger partial charge in [0.25, 0.3) is 0 Å². The summed E-state index contributed by atoms with van der Waals surface area (Å²) in [6.45, 7) is 13.8. The molecular formula is C14H31NO. The molecule has 0 aliphatic heterocycles. The van der Waals surface area contributed by atoms with Gasteiger partial charge in [0.1, 0.15) is 0 Å². The second-order valence-corrected chi connectivity index (χ2v) is 5.95. The van der Waals surface area contributed by atoms with Crippen molar-refractivity contribution in [1.82, 2.24) is 5.32 Å². The Balaban J connectivity index is 4.15. The van der Waals surface area contributed by atoms with Crippen LogP contribution in [-0.2, 0) is 0 Å². The first-order valence-corrected chi connectivity index (χ1v) is 6.76. The monoisotopic (exact) mass is 229 g/mol. The minimum atomic E-state index is -0.237. The SMILES string of the molecule is CCCC(CC)NCC(C)(C)C(O)C(C)C. The summed E-state index contributed by atoms with van der Waals surface area (Å²) < 4.78 is 0. The molecule has 2 heteroatoms. The van der Waals surface area contributed by atoms with E-state index in [-0.39, 0.29) is 11.5 Å². The molecular weight excluding hydrogens is 198 g/mol. The quantitative estimate of drug-likeness (QED) is 0.670. The lowest BCUT2D eigenvalue weighted by Gasteiger charge is -2.35. The standard InChI is InChI=1S/C14H31NO/c1-7-9-12(8-2)15-10-14(5,6)13(16)11(3)4/h11-13,15-16H,7-10H2,1-6H3. The van der Waals surface area contributed by atoms with Gasteiger partial charge in [-0.15, -0.1) is 0 Å². The van der Waals surface area contributed by atoms with Gasteiger partial charge in [0.05, 0.1) is 6.10 Å². The summed E-state index contributed by atoms with van der Waals surface area (Å²) in [4.78, 5) is 0. The highest BCUT2D eigenvalue weighted by atomic mass is 16.3. The fourth-order valence-electron chi connectivity index (χ4n) is 2.21. The van der Waals surface area contributed by atoms with Crippen molar-refractivity contribution in [3.8, 4) is 0 Å². The van der Waals surface area contributed by atoms with Gasteiger partial charge in [0, 0.05) is 18.0 Å². The summed E-state index contributed by atoms with van der Waals surface area (Å²) in [6.07, 6.45) is 3.38. The molecule has 0 rings (SSSR count). The first-order valence-electron chi connectivity index (χ1n) is 6.76. The Morgan fingerprint density at radius 1 is 1.19 bits per heavy atom. The van der Waals surface area contributed by atoms with Crippen LogP contribution in [0.2, 0.25) is 0 Å². The Hall–Kier alpha value is -0.0800. The van der Waals surface area contributed by atoms with Gasteiger partial charge in [-0.1, -0.05) is 48.0 Å². The largest absolute Gasteiger partial charge is 0.392 e. The van der Waals surface area contributed by atoms with Gasteiger partial charge in [0.15, 0.2) is 0 Å². The zero-order valence-electron chi connectivity index (χ0n) is 12.0. The lowest BCUT2D eigenvalue weighted by atomic mass is 9.80. The predicted molar refractivity (Wildman–Crippen MR) is 71.6 cm³/mol. The first kappa shape index (κ1) is 15.9. The Kier molecular flexibility index (Phi) is 7.25. The van der Waals surface area contributed by atoms with Crippen LogP contribution < -0.4 is 5.32 Å². The zero-order chi connectivity index (χ0) is 12.8. The Labute approximate surface area is 102 Å². The van der Waals surface area contributed by atoms with Gasteiger partial charge in [-0.05, 0) is 18.8 Å². The van der Waals surface area contributed by atoms with E-state index in [2.05, 4.69) is 46.9 Å². The molecule has 0 aromatic carbocycles. The summed E-state index contributed by atoms with van der Waals surface area (Å²) >= 11 is 0. The topological polar surface area (TPSA) is 32.3 Å². The number of rotatable bonds is 8. The molecule has 16 heavy (non-hydrogen) atoms. The van der Waals surface area contributed by atoms with Gasteiger partial charge in [-0.3, -0.25) is 0 Å². The molecule has 2 N–H and O–H groups in total. The van der Waals surface area contributed by atoms with Crippen molar-refractivity contribution in [2.24, 2.45) is 11.3 Å². The lowest BCUT2D eigenvalue weighted by Crippen LogP contribution is -2.44. The highest BCUT2D eigenvalue weighted by Gasteiger charge is 2.30. The van der Waals surface area contributed by atoms with E-state index in [1.807, 2.05) is 0 Å². The number of hydrogen-bond donors (Lipinski definition) is 2. The van der Waals surface area contributed by atoms with Crippen molar-refractivity contribution in [2.45, 2.75) is 73.0 Å². The summed E-state index contributed by atoms with van der Waals surface area (Å²) in [5, 5.41) is 13.7. The second-order valence-electron chi connectivity index (χ2n) is 5.95. The molecule has 0 aliphatic carbocycles. The van der Waals surface area contributed by atoms with Crippen molar-refractivity contribution in [1.29, 1.82) is 0 Å². The molecule has 0 saturated heterocycles. The van der Waals surface area contributed by atoms with E-state index in [1.165, 1.54) is 19.3 Å². The van der Waals surface area contributed by atoms with E-state index < -0.39 is 0 Å². The van der Waals surface area contributed by atoms with Crippen LogP contribution in [-0.4, -0.2) is 23.8 Å². The van der Waals surface area contributed by atoms with Crippen molar-refractivity contribution >= 4 is 0 Å². The Morgan fingerprint density at radius 3 is 2.12 bits per heavy atom. The molecule has 0 heterocycles. The summed E-state index contributed by atoms with van der Waals surface area (Å²) in [7, 11) is 0. The molecule has 2 nitrogen and oxygen atoms in total. The molecule has 0 aliphatic rings. The maximum absolute atomic E-state index is 10.1. The maximum atomic E-state index is 10.1. The molecule has 0 radical (unpaired) electrons. The normalized spacial score (nSPS) is 16.5. The third-order valence-corrected chi connectivity index (χ3v) is 3.41. The van der Waals surface area contributed by atoms with Crippen molar-refractivity contribution in [2.75, 3.05) is 6.54 Å². The van der Waals surface area contributed by atoms with Crippen LogP contribution in [0, 0.1) is 11.3 Å². The molecule has 0 aromatic rings. The van der Waals surface area contributed by atoms with Crippen molar-refractivity contribution < 1.29 is 5.11 Å². The molecule has 2 unspecified atom stereocenters. The van der Waals surface area contributed by atoms with E-state index in [0.29, 0.717) is 12.0 Å². The van der Waals surface area contributed by atoms with E-state index in [1.54, 1.807) is 0 Å². The van der Waals surface area contributed by atoms with Crippen LogP contribution in [0.15, 0.2) is 0 Å². The molecule has 0 bridgehead atoms. The van der Waals surface area contributed by atoms with Gasteiger partial charge < -0.3 is 10.4 Å². The highest BCUT2D eigenvalue weighted by Crippen LogP contribution is 2.25. The fraction of sp³-hybridized carbons (Fsp3) is 1.00. The number of nitrogens with one attached hydrogen (secondary N) is 1. The van der Waals surface area contributed by atoms with Crippen LogP contribution in [0.5, 0.6) is 0 Å². The van der Waals surface area contributed by atoms with Gasteiger partial charge >= 0.3 is 0 Å². The minimum Gasteiger partial charge on any atom is -0.392 e. The molecule has 2 atom stereocenters. The van der Waals surface area contributed by atoms with E-state index in [9.17, 15) is 5.11 Å². The smallest absolute Gasteiger partial charge is 0.0626 e. The molecule has 0 spiro atoms. The summed E-state index contributed by atoms with van der Waals surface area (Å²) in [6, 6.07) is 0.601. The minimum absolute atomic E-state index is 0.0463. The van der Waals surface area contributed by atoms with Gasteiger partial charge in [-0.25, -0.2) is 0 Å². The third kappa shape index (κ3) is 5.31. The van der Waals surface area contributed by atoms with Crippen LogP contribution in [0.25, 0.3) is 0 Å². The van der Waals surface area contributed by atoms with E-state index in [4.69, 9.17) is 0 Å². The van der Waals surface area contributed by atoms with Crippen LogP contribution >= 0.6 is 0 Å². The number of aliphatic hydroxyl groups is 1. The van der Waals surface area contributed by atoms with Crippen LogP contribution in [0.3, 0.4) is 0 Å². The zero-order valence-corrected chi connectivity index (χ0v) is 12.0. The Morgan fingerprint density at radius 2 is 1.75 bits per heavy atom. The van der Waals surface area contributed by atoms with Crippen molar-refractivity contribution in [3.63, 3.8) is 0 Å². The molecule has 0 amide bonds. The van der Waals surface area contributed by atoms with Crippen LogP contribution in [0.1, 0.15) is 60.8 Å². The maximum Gasteiger partial charge on any atom is 0.0626 e. The molecule has 0 aromatic heterocycles. The molecule has 0 saturated carbocycles. The van der Waals surface area contributed by atoms with E-state index >= 15 is 0 Å². The third-order valence-electron chi connectivity index (χ3n) is 3.41. The van der Waals surface area contributed by atoms with Gasteiger partial charge in [0.2, 0.25) is 0 Å². The number of hydrogen-bond acceptors (Lipinski definition) is 2. The summed E-state index contributed by atoms with van der Waals surface area (Å²) in [5.41, 5.74) is -0.0463. The predicted octanol–water partition coefficient (Wildman–Crippen LogP) is 3.20. The lowest BCUT2D eigenvalue weighted by molar-refractivity contribution is 0.0119. The Bertz CT molecular complexity index is 178. The van der Waals surface area contributed by atoms with Gasteiger partial charge in [-0.2, -0.15) is 0 Å². The first-order chi connectivity index (χ1) is 7.35. The fourth-order valence-corrected chi connectivity index (χ4v) is 2.21. The number of aliphatic hydroxyl groups excluding tert-OH is 1. The molecule has 0 fully saturated rings.